The number of thiophene rings is 1. The van der Waals surface area contributed by atoms with Gasteiger partial charge in [-0.1, -0.05) is 6.07 Å². The highest BCUT2D eigenvalue weighted by atomic mass is 32.1. The molecule has 1 aliphatic heterocycles. The van der Waals surface area contributed by atoms with Gasteiger partial charge < -0.3 is 25.4 Å². The van der Waals surface area contributed by atoms with Gasteiger partial charge in [-0.3, -0.25) is 19.7 Å². The minimum absolute atomic E-state index is 0.0467. The highest BCUT2D eigenvalue weighted by Gasteiger charge is 2.23. The Morgan fingerprint density at radius 1 is 1.05 bits per heavy atom. The van der Waals surface area contributed by atoms with Crippen LogP contribution in [0.4, 0.5) is 14.9 Å². The topological polar surface area (TPSA) is 120 Å². The van der Waals surface area contributed by atoms with Crippen molar-refractivity contribution in [3.8, 4) is 22.1 Å². The molecule has 1 aromatic carbocycles. The van der Waals surface area contributed by atoms with E-state index in [9.17, 15) is 14.0 Å². The summed E-state index contributed by atoms with van der Waals surface area (Å²) in [5.41, 5.74) is 2.94. The van der Waals surface area contributed by atoms with Crippen LogP contribution in [0.2, 0.25) is 0 Å². The number of nitrogens with zero attached hydrogens (tertiary/aromatic N) is 4. The number of carbonyl (C=O) groups is 2. The van der Waals surface area contributed by atoms with Crippen molar-refractivity contribution in [3.63, 3.8) is 0 Å². The predicted molar refractivity (Wildman–Crippen MR) is 158 cm³/mol. The zero-order valence-corrected chi connectivity index (χ0v) is 23.7. The summed E-state index contributed by atoms with van der Waals surface area (Å²) in [5.74, 6) is -0.283. The summed E-state index contributed by atoms with van der Waals surface area (Å²) in [6.07, 6.45) is 6.28. The van der Waals surface area contributed by atoms with Gasteiger partial charge in [-0.15, -0.1) is 11.3 Å². The molecule has 1 aliphatic carbocycles. The number of pyridine rings is 2. The molecule has 0 bridgehead atoms. The third-order valence-corrected chi connectivity index (χ3v) is 8.42. The number of aromatic nitrogens is 2. The Morgan fingerprint density at radius 2 is 1.93 bits per heavy atom. The zero-order valence-electron chi connectivity index (χ0n) is 22.9. The van der Waals surface area contributed by atoms with Gasteiger partial charge in [0.15, 0.2) is 11.6 Å². The average Bonchev–Trinajstić information content (AvgIpc) is 3.74. The predicted octanol–water partition coefficient (Wildman–Crippen LogP) is 4.60. The summed E-state index contributed by atoms with van der Waals surface area (Å²) in [5, 5.41) is 14.6. The molecule has 218 valence electrons. The molecule has 3 N–H and O–H groups in total. The second-order valence-corrected chi connectivity index (χ2v) is 11.5. The lowest BCUT2D eigenvalue weighted by atomic mass is 10.2. The van der Waals surface area contributed by atoms with Gasteiger partial charge in [-0.05, 0) is 49.1 Å². The van der Waals surface area contributed by atoms with E-state index in [1.54, 1.807) is 23.2 Å². The molecule has 12 heteroatoms. The number of ether oxygens (including phenoxy) is 1. The number of anilines is 1. The van der Waals surface area contributed by atoms with Crippen LogP contribution < -0.4 is 15.4 Å². The van der Waals surface area contributed by atoms with Gasteiger partial charge in [0.25, 0.3) is 0 Å². The van der Waals surface area contributed by atoms with Gasteiger partial charge in [0.05, 0.1) is 20.8 Å². The Hall–Kier alpha value is -4.13. The summed E-state index contributed by atoms with van der Waals surface area (Å²) >= 11 is 1.47. The number of halogens is 1. The largest absolute Gasteiger partial charge is 0.453 e. The Bertz CT molecular complexity index is 1590. The summed E-state index contributed by atoms with van der Waals surface area (Å²) < 4.78 is 21.6. The minimum atomic E-state index is -0.588. The number of rotatable bonds is 8. The van der Waals surface area contributed by atoms with Crippen LogP contribution in [0.15, 0.2) is 54.9 Å². The molecule has 4 aromatic rings. The molecule has 0 unspecified atom stereocenters. The number of fused-ring (bicyclic) bond motifs is 1. The van der Waals surface area contributed by atoms with Crippen molar-refractivity contribution in [2.24, 2.45) is 0 Å². The van der Waals surface area contributed by atoms with Crippen LogP contribution in [0.5, 0.6) is 11.5 Å². The maximum Gasteiger partial charge on any atom is 0.319 e. The molecular weight excluding hydrogens is 559 g/mol. The van der Waals surface area contributed by atoms with E-state index in [1.165, 1.54) is 23.5 Å². The van der Waals surface area contributed by atoms with E-state index in [0.717, 1.165) is 65.2 Å². The van der Waals surface area contributed by atoms with Crippen LogP contribution in [-0.2, 0) is 11.3 Å². The third-order valence-electron chi connectivity index (χ3n) is 7.26. The fourth-order valence-electron chi connectivity index (χ4n) is 4.88. The minimum Gasteiger partial charge on any atom is -0.453 e. The molecule has 2 aliphatic rings. The van der Waals surface area contributed by atoms with E-state index in [0.29, 0.717) is 24.5 Å². The summed E-state index contributed by atoms with van der Waals surface area (Å²) in [6.45, 7) is 3.16. The van der Waals surface area contributed by atoms with Gasteiger partial charge in [-0.2, -0.15) is 0 Å². The van der Waals surface area contributed by atoms with Crippen LogP contribution in [-0.4, -0.2) is 75.6 Å². The highest BCUT2D eigenvalue weighted by Crippen LogP contribution is 2.39. The maximum absolute atomic E-state index is 14.9. The fraction of sp³-hybridized carbons (Fsp3) is 0.333. The fourth-order valence-corrected chi connectivity index (χ4v) is 5.92. The van der Waals surface area contributed by atoms with Gasteiger partial charge in [0.1, 0.15) is 12.4 Å². The molecular formula is C30H31FN6O4S. The SMILES string of the molecule is O=C(Nc1ccc(Oc2ccnc3cc(-c4ccc(CN5CCCN(C(=O)CO)CC5)cn4)sc23)c(F)c1)NC1CC1. The first-order chi connectivity index (χ1) is 20.4. The van der Waals surface area contributed by atoms with Gasteiger partial charge in [0.2, 0.25) is 5.91 Å². The average molecular weight is 591 g/mol. The molecule has 0 radical (unpaired) electrons. The van der Waals surface area contributed by atoms with E-state index >= 15 is 0 Å². The Labute approximate surface area is 246 Å². The molecule has 3 aromatic heterocycles. The number of nitrogens with one attached hydrogen (secondary N) is 2. The number of carbonyl (C=O) groups excluding carboxylic acids is 2. The molecule has 1 saturated carbocycles. The normalized spacial score (nSPS) is 15.8. The van der Waals surface area contributed by atoms with Gasteiger partial charge in [-0.25, -0.2) is 9.18 Å². The molecule has 4 heterocycles. The molecule has 2 fully saturated rings. The van der Waals surface area contributed by atoms with Crippen molar-refractivity contribution in [2.45, 2.75) is 31.8 Å². The quantitative estimate of drug-likeness (QED) is 0.274. The molecule has 3 amide bonds. The van der Waals surface area contributed by atoms with E-state index in [1.807, 2.05) is 18.3 Å². The zero-order chi connectivity index (χ0) is 29.1. The number of hydrogen-bond acceptors (Lipinski definition) is 8. The first kappa shape index (κ1) is 28.0. The lowest BCUT2D eigenvalue weighted by Gasteiger charge is -2.21. The lowest BCUT2D eigenvalue weighted by molar-refractivity contribution is -0.134. The number of urea groups is 1. The van der Waals surface area contributed by atoms with Crippen LogP contribution >= 0.6 is 11.3 Å². The van der Waals surface area contributed by atoms with E-state index in [4.69, 9.17) is 14.8 Å². The Balaban J connectivity index is 1.12. The molecule has 1 saturated heterocycles. The van der Waals surface area contributed by atoms with Crippen molar-refractivity contribution >= 4 is 39.2 Å². The smallest absolute Gasteiger partial charge is 0.319 e. The van der Waals surface area contributed by atoms with Gasteiger partial charge >= 0.3 is 6.03 Å². The molecule has 6 rings (SSSR count). The second kappa shape index (κ2) is 12.4. The number of benzene rings is 1. The van der Waals surface area contributed by atoms with E-state index in [2.05, 4.69) is 26.6 Å². The van der Waals surface area contributed by atoms with Crippen molar-refractivity contribution in [2.75, 3.05) is 38.1 Å². The maximum atomic E-state index is 14.9. The molecule has 10 nitrogen and oxygen atoms in total. The van der Waals surface area contributed by atoms with E-state index < -0.39 is 12.4 Å². The summed E-state index contributed by atoms with van der Waals surface area (Å²) in [6, 6.07) is 11.9. The Kier molecular flexibility index (Phi) is 8.27. The lowest BCUT2D eigenvalue weighted by Crippen LogP contribution is -2.36. The van der Waals surface area contributed by atoms with Crippen LogP contribution in [0, 0.1) is 5.82 Å². The first-order valence-electron chi connectivity index (χ1n) is 13.9. The van der Waals surface area contributed by atoms with E-state index in [-0.39, 0.29) is 23.7 Å². The third kappa shape index (κ3) is 6.67. The first-order valence-corrected chi connectivity index (χ1v) is 14.8. The molecule has 42 heavy (non-hydrogen) atoms. The highest BCUT2D eigenvalue weighted by molar-refractivity contribution is 7.22. The van der Waals surface area contributed by atoms with Crippen molar-refractivity contribution < 1.29 is 23.8 Å². The van der Waals surface area contributed by atoms with Crippen LogP contribution in [0.3, 0.4) is 0 Å². The number of aliphatic hydroxyl groups excluding tert-OH is 1. The van der Waals surface area contributed by atoms with Crippen molar-refractivity contribution in [1.29, 1.82) is 0 Å². The number of hydrogen-bond donors (Lipinski definition) is 3. The number of amides is 3. The Morgan fingerprint density at radius 3 is 2.69 bits per heavy atom. The standard InChI is InChI=1S/C30H31FN6O4S/c31-22-14-21(35-30(40)34-20-3-4-20)5-7-25(22)41-26-8-9-32-24-15-27(42-29(24)26)23-6-2-19(16-33-23)17-36-10-1-11-37(13-12-36)28(39)18-38/h2,5-9,14-16,20,38H,1,3-4,10-13,17-18H2,(H2,34,35,40). The summed E-state index contributed by atoms with van der Waals surface area (Å²) in [7, 11) is 0. The molecule has 0 spiro atoms. The monoisotopic (exact) mass is 590 g/mol. The number of aliphatic hydroxyl groups is 1. The molecule has 0 atom stereocenters. The van der Waals surface area contributed by atoms with Crippen molar-refractivity contribution in [3.05, 3.63) is 66.2 Å². The van der Waals surface area contributed by atoms with Crippen LogP contribution in [0.25, 0.3) is 20.8 Å². The van der Waals surface area contributed by atoms with Crippen LogP contribution in [0.1, 0.15) is 24.8 Å². The van der Waals surface area contributed by atoms with Crippen molar-refractivity contribution in [1.82, 2.24) is 25.1 Å². The van der Waals surface area contributed by atoms with Gasteiger partial charge in [0, 0.05) is 69.0 Å². The summed E-state index contributed by atoms with van der Waals surface area (Å²) in [4.78, 5) is 37.9. The second-order valence-electron chi connectivity index (χ2n) is 10.5.